The highest BCUT2D eigenvalue weighted by molar-refractivity contribution is 7.92. The number of aryl methyl sites for hydroxylation is 2. The lowest BCUT2D eigenvalue weighted by Crippen LogP contribution is -2.23. The lowest BCUT2D eigenvalue weighted by atomic mass is 10.1. The Bertz CT molecular complexity index is 1300. The van der Waals surface area contributed by atoms with Crippen LogP contribution in [0.4, 0.5) is 11.4 Å². The minimum atomic E-state index is -3.87. The third kappa shape index (κ3) is 6.45. The zero-order chi connectivity index (χ0) is 24.9. The van der Waals surface area contributed by atoms with Crippen molar-refractivity contribution in [3.05, 3.63) is 89.0 Å². The van der Waals surface area contributed by atoms with Gasteiger partial charge in [-0.05, 0) is 66.9 Å². The van der Waals surface area contributed by atoms with Crippen molar-refractivity contribution in [1.82, 2.24) is 5.32 Å². The Morgan fingerprint density at radius 3 is 2.24 bits per heavy atom. The molecule has 0 heterocycles. The first-order valence-electron chi connectivity index (χ1n) is 10.9. The molecule has 0 unspecified atom stereocenters. The number of rotatable bonds is 8. The van der Waals surface area contributed by atoms with E-state index in [-0.39, 0.29) is 34.7 Å². The van der Waals surface area contributed by atoms with Crippen LogP contribution in [0.3, 0.4) is 0 Å². The van der Waals surface area contributed by atoms with Crippen molar-refractivity contribution in [3.8, 4) is 0 Å². The van der Waals surface area contributed by atoms with E-state index in [1.807, 2.05) is 39.0 Å². The van der Waals surface area contributed by atoms with Crippen LogP contribution in [0.15, 0.2) is 71.6 Å². The Balaban J connectivity index is 1.69. The molecule has 3 aromatic rings. The van der Waals surface area contributed by atoms with Crippen molar-refractivity contribution in [2.75, 3.05) is 10.0 Å². The van der Waals surface area contributed by atoms with E-state index in [9.17, 15) is 18.0 Å². The number of sulfonamides is 1. The molecular weight excluding hydrogens is 450 g/mol. The molecule has 0 fully saturated rings. The second kappa shape index (κ2) is 10.5. The number of carbonyl (C=O) groups is 2. The molecule has 0 aliphatic carbocycles. The number of hydrogen-bond acceptors (Lipinski definition) is 4. The predicted molar refractivity (Wildman–Crippen MR) is 134 cm³/mol. The molecule has 3 N–H and O–H groups in total. The highest BCUT2D eigenvalue weighted by atomic mass is 32.2. The van der Waals surface area contributed by atoms with E-state index in [1.165, 1.54) is 6.07 Å². The van der Waals surface area contributed by atoms with Gasteiger partial charge in [-0.1, -0.05) is 44.2 Å². The summed E-state index contributed by atoms with van der Waals surface area (Å²) in [7, 11) is -3.87. The minimum absolute atomic E-state index is 0.0481. The van der Waals surface area contributed by atoms with Crippen LogP contribution in [0, 0.1) is 19.8 Å². The van der Waals surface area contributed by atoms with Crippen molar-refractivity contribution in [2.45, 2.75) is 39.1 Å². The molecule has 0 radical (unpaired) electrons. The predicted octanol–water partition coefficient (Wildman–Crippen LogP) is 4.63. The molecule has 2 amide bonds. The second-order valence-electron chi connectivity index (χ2n) is 8.48. The molecule has 0 bridgehead atoms. The van der Waals surface area contributed by atoms with Gasteiger partial charge in [-0.25, -0.2) is 8.42 Å². The number of benzene rings is 3. The van der Waals surface area contributed by atoms with E-state index in [0.717, 1.165) is 11.1 Å². The van der Waals surface area contributed by atoms with Gasteiger partial charge in [-0.3, -0.25) is 14.3 Å². The summed E-state index contributed by atoms with van der Waals surface area (Å²) in [5.74, 6) is -0.568. The fourth-order valence-electron chi connectivity index (χ4n) is 3.23. The molecule has 0 aliphatic heterocycles. The molecular formula is C26H29N3O4S. The maximum atomic E-state index is 13.0. The average molecular weight is 480 g/mol. The van der Waals surface area contributed by atoms with Crippen LogP contribution < -0.4 is 15.4 Å². The molecule has 0 aliphatic rings. The highest BCUT2D eigenvalue weighted by Crippen LogP contribution is 2.21. The largest absolute Gasteiger partial charge is 0.348 e. The minimum Gasteiger partial charge on any atom is -0.348 e. The number of carbonyl (C=O) groups excluding carboxylic acids is 2. The lowest BCUT2D eigenvalue weighted by Gasteiger charge is -2.13. The normalized spacial score (nSPS) is 11.2. The topological polar surface area (TPSA) is 104 Å². The first kappa shape index (κ1) is 25.0. The van der Waals surface area contributed by atoms with Crippen molar-refractivity contribution >= 4 is 33.2 Å². The van der Waals surface area contributed by atoms with Crippen LogP contribution in [-0.4, -0.2) is 20.2 Å². The summed E-state index contributed by atoms with van der Waals surface area (Å²) in [5, 5.41) is 5.62. The smallest absolute Gasteiger partial charge is 0.262 e. The van der Waals surface area contributed by atoms with E-state index < -0.39 is 10.0 Å². The molecule has 0 aromatic heterocycles. The van der Waals surface area contributed by atoms with Crippen molar-refractivity contribution < 1.29 is 18.0 Å². The summed E-state index contributed by atoms with van der Waals surface area (Å²) >= 11 is 0. The highest BCUT2D eigenvalue weighted by Gasteiger charge is 2.19. The fraction of sp³-hybridized carbons (Fsp3) is 0.231. The van der Waals surface area contributed by atoms with Crippen LogP contribution in [0.2, 0.25) is 0 Å². The van der Waals surface area contributed by atoms with Gasteiger partial charge in [-0.2, -0.15) is 0 Å². The molecule has 0 saturated carbocycles. The Morgan fingerprint density at radius 1 is 0.882 bits per heavy atom. The van der Waals surface area contributed by atoms with Crippen molar-refractivity contribution in [1.29, 1.82) is 0 Å². The molecule has 0 atom stereocenters. The summed E-state index contributed by atoms with van der Waals surface area (Å²) < 4.78 is 28.5. The van der Waals surface area contributed by atoms with Crippen LogP contribution in [0.5, 0.6) is 0 Å². The van der Waals surface area contributed by atoms with Gasteiger partial charge in [0.25, 0.3) is 15.9 Å². The van der Waals surface area contributed by atoms with E-state index in [1.54, 1.807) is 49.4 Å². The molecule has 0 saturated heterocycles. The van der Waals surface area contributed by atoms with Gasteiger partial charge < -0.3 is 10.6 Å². The molecule has 0 spiro atoms. The number of hydrogen-bond donors (Lipinski definition) is 3. The van der Waals surface area contributed by atoms with Gasteiger partial charge >= 0.3 is 0 Å². The van der Waals surface area contributed by atoms with Gasteiger partial charge in [0.2, 0.25) is 5.91 Å². The first-order valence-corrected chi connectivity index (χ1v) is 12.4. The summed E-state index contributed by atoms with van der Waals surface area (Å²) in [6.45, 7) is 7.46. The summed E-state index contributed by atoms with van der Waals surface area (Å²) in [4.78, 5) is 24.6. The Hall–Kier alpha value is -3.65. The quantitative estimate of drug-likeness (QED) is 0.438. The van der Waals surface area contributed by atoms with Gasteiger partial charge in [0.15, 0.2) is 0 Å². The van der Waals surface area contributed by atoms with Gasteiger partial charge in [0.1, 0.15) is 0 Å². The van der Waals surface area contributed by atoms with Crippen molar-refractivity contribution in [2.24, 2.45) is 5.92 Å². The van der Waals surface area contributed by atoms with Crippen LogP contribution in [-0.2, 0) is 21.4 Å². The number of amides is 2. The monoisotopic (exact) mass is 479 g/mol. The molecule has 3 rings (SSSR count). The summed E-state index contributed by atoms with van der Waals surface area (Å²) in [5.41, 5.74) is 3.70. The SMILES string of the molecule is Cc1cccc(NS(=O)(=O)c2cc(C(=O)NCc3ccc(NC(=O)C(C)C)cc3)ccc2C)c1. The van der Waals surface area contributed by atoms with Gasteiger partial charge in [-0.15, -0.1) is 0 Å². The first-order chi connectivity index (χ1) is 16.0. The van der Waals surface area contributed by atoms with Crippen LogP contribution >= 0.6 is 0 Å². The summed E-state index contributed by atoms with van der Waals surface area (Å²) in [6, 6.07) is 18.8. The third-order valence-electron chi connectivity index (χ3n) is 5.21. The standard InChI is InChI=1S/C26H29N3O4S/c1-17(2)25(30)28-22-12-9-20(10-13-22)16-27-26(31)21-11-8-19(4)24(15-21)34(32,33)29-23-7-5-6-18(3)14-23/h5-15,17,29H,16H2,1-4H3,(H,27,31)(H,28,30). The maximum Gasteiger partial charge on any atom is 0.262 e. The molecule has 8 heteroatoms. The number of nitrogens with one attached hydrogen (secondary N) is 3. The zero-order valence-electron chi connectivity index (χ0n) is 19.7. The number of anilines is 2. The van der Waals surface area contributed by atoms with E-state index >= 15 is 0 Å². The fourth-order valence-corrected chi connectivity index (χ4v) is 4.55. The summed E-state index contributed by atoms with van der Waals surface area (Å²) in [6.07, 6.45) is 0. The van der Waals surface area contributed by atoms with Crippen LogP contribution in [0.1, 0.15) is 40.9 Å². The molecule has 178 valence electrons. The second-order valence-corrected chi connectivity index (χ2v) is 10.1. The Morgan fingerprint density at radius 2 is 1.59 bits per heavy atom. The Labute approximate surface area is 200 Å². The van der Waals surface area contributed by atoms with E-state index in [4.69, 9.17) is 0 Å². The molecule has 7 nitrogen and oxygen atoms in total. The average Bonchev–Trinajstić information content (AvgIpc) is 2.78. The lowest BCUT2D eigenvalue weighted by molar-refractivity contribution is -0.118. The van der Waals surface area contributed by atoms with E-state index in [0.29, 0.717) is 16.9 Å². The molecule has 3 aromatic carbocycles. The Kier molecular flexibility index (Phi) is 7.73. The zero-order valence-corrected chi connectivity index (χ0v) is 20.5. The molecule has 34 heavy (non-hydrogen) atoms. The van der Waals surface area contributed by atoms with Crippen molar-refractivity contribution in [3.63, 3.8) is 0 Å². The van der Waals surface area contributed by atoms with Gasteiger partial charge in [0.05, 0.1) is 4.90 Å². The van der Waals surface area contributed by atoms with E-state index in [2.05, 4.69) is 15.4 Å². The maximum absolute atomic E-state index is 13.0. The van der Waals surface area contributed by atoms with Crippen LogP contribution in [0.25, 0.3) is 0 Å². The van der Waals surface area contributed by atoms with Gasteiger partial charge in [0, 0.05) is 29.4 Å². The third-order valence-corrected chi connectivity index (χ3v) is 6.73.